The third kappa shape index (κ3) is 4.85. The van der Waals surface area contributed by atoms with Gasteiger partial charge in [0.15, 0.2) is 0 Å². The molecule has 1 aromatic carbocycles. The van der Waals surface area contributed by atoms with Gasteiger partial charge in [0.2, 0.25) is 5.91 Å². The Hall–Kier alpha value is -3.67. The van der Waals surface area contributed by atoms with Crippen molar-refractivity contribution in [2.75, 3.05) is 32.8 Å². The van der Waals surface area contributed by atoms with Gasteiger partial charge < -0.3 is 24.7 Å². The van der Waals surface area contributed by atoms with Gasteiger partial charge in [-0.2, -0.15) is 5.26 Å². The summed E-state index contributed by atoms with van der Waals surface area (Å²) in [5, 5.41) is 14.1. The highest BCUT2D eigenvalue weighted by atomic mass is 16.5. The summed E-state index contributed by atoms with van der Waals surface area (Å²) < 4.78 is 11.5. The Labute approximate surface area is 216 Å². The van der Waals surface area contributed by atoms with Gasteiger partial charge in [-0.15, -0.1) is 0 Å². The number of ether oxygens (including phenoxy) is 2. The molecule has 6 rings (SSSR count). The number of hydrogen-bond acceptors (Lipinski definition) is 6. The standard InChI is InChI=1S/C29H31N5O3/c30-16-21-14-20(3-4-27(21)37-23-7-12-36-13-8-23)25-18-33-28-24(25)15-22(17-32-28)19-5-10-34(11-6-19)29(35)26-2-1-9-31-26/h3-5,14-15,17-18,23,26,31H,1-2,6-13H2,(H,32,33)/t26-/m0/s1. The number of nitriles is 1. The summed E-state index contributed by atoms with van der Waals surface area (Å²) in [5.41, 5.74) is 5.56. The molecule has 1 atom stereocenters. The molecule has 0 radical (unpaired) electrons. The van der Waals surface area contributed by atoms with Crippen molar-refractivity contribution in [2.45, 2.75) is 44.2 Å². The maximum Gasteiger partial charge on any atom is 0.239 e. The normalized spacial score (nSPS) is 20.6. The summed E-state index contributed by atoms with van der Waals surface area (Å²) in [6.07, 6.45) is 10.6. The highest BCUT2D eigenvalue weighted by molar-refractivity contribution is 5.95. The number of nitrogens with zero attached hydrogens (tertiary/aromatic N) is 3. The Morgan fingerprint density at radius 1 is 1.19 bits per heavy atom. The van der Waals surface area contributed by atoms with Crippen LogP contribution in [0.5, 0.6) is 5.75 Å². The lowest BCUT2D eigenvalue weighted by Gasteiger charge is -2.29. The molecular formula is C29H31N5O3. The van der Waals surface area contributed by atoms with Crippen molar-refractivity contribution in [3.05, 3.63) is 53.9 Å². The number of amides is 1. The Kier molecular flexibility index (Phi) is 6.64. The summed E-state index contributed by atoms with van der Waals surface area (Å²) in [7, 11) is 0. The number of benzene rings is 1. The molecule has 2 saturated heterocycles. The van der Waals surface area contributed by atoms with Crippen molar-refractivity contribution in [3.63, 3.8) is 0 Å². The minimum Gasteiger partial charge on any atom is -0.489 e. The van der Waals surface area contributed by atoms with Crippen LogP contribution in [0.1, 0.15) is 43.2 Å². The molecule has 3 aliphatic rings. The smallest absolute Gasteiger partial charge is 0.239 e. The van der Waals surface area contributed by atoms with Gasteiger partial charge in [-0.1, -0.05) is 12.1 Å². The molecule has 8 nitrogen and oxygen atoms in total. The molecule has 0 saturated carbocycles. The van der Waals surface area contributed by atoms with Crippen LogP contribution < -0.4 is 10.1 Å². The molecule has 8 heteroatoms. The van der Waals surface area contributed by atoms with Crippen molar-refractivity contribution in [1.82, 2.24) is 20.2 Å². The number of fused-ring (bicyclic) bond motifs is 1. The van der Waals surface area contributed by atoms with Crippen LogP contribution in [0.3, 0.4) is 0 Å². The van der Waals surface area contributed by atoms with E-state index in [4.69, 9.17) is 9.47 Å². The van der Waals surface area contributed by atoms with Crippen molar-refractivity contribution in [3.8, 4) is 22.9 Å². The SMILES string of the molecule is N#Cc1cc(-c2c[nH]c3ncc(C4=CCN(C(=O)[C@@H]5CCCN5)CC4)cc23)ccc1OC1CCOCC1. The number of aromatic nitrogens is 2. The first-order chi connectivity index (χ1) is 18.2. The third-order valence-electron chi connectivity index (χ3n) is 7.65. The minimum atomic E-state index is -0.0258. The van der Waals surface area contributed by atoms with Crippen LogP contribution in [0.15, 0.2) is 42.7 Å². The monoisotopic (exact) mass is 497 g/mol. The average Bonchev–Trinajstić information content (AvgIpc) is 3.64. The van der Waals surface area contributed by atoms with Crippen LogP contribution in [0, 0.1) is 11.3 Å². The zero-order chi connectivity index (χ0) is 25.2. The van der Waals surface area contributed by atoms with Crippen molar-refractivity contribution in [1.29, 1.82) is 5.26 Å². The lowest BCUT2D eigenvalue weighted by atomic mass is 9.97. The zero-order valence-electron chi connectivity index (χ0n) is 20.8. The summed E-state index contributed by atoms with van der Waals surface area (Å²) in [5.74, 6) is 0.836. The number of pyridine rings is 1. The van der Waals surface area contributed by atoms with Crippen LogP contribution in [-0.4, -0.2) is 65.8 Å². The summed E-state index contributed by atoms with van der Waals surface area (Å²) in [6.45, 7) is 3.67. The second-order valence-corrected chi connectivity index (χ2v) is 9.99. The molecule has 2 N–H and O–H groups in total. The lowest BCUT2D eigenvalue weighted by molar-refractivity contribution is -0.132. The molecule has 0 unspecified atom stereocenters. The largest absolute Gasteiger partial charge is 0.489 e. The molecule has 5 heterocycles. The van der Waals surface area contributed by atoms with E-state index in [0.717, 1.165) is 72.9 Å². The van der Waals surface area contributed by atoms with E-state index in [0.29, 0.717) is 31.1 Å². The van der Waals surface area contributed by atoms with Crippen LogP contribution in [0.25, 0.3) is 27.7 Å². The van der Waals surface area contributed by atoms with Gasteiger partial charge in [0, 0.05) is 49.3 Å². The highest BCUT2D eigenvalue weighted by Crippen LogP contribution is 2.34. The maximum atomic E-state index is 12.8. The van der Waals surface area contributed by atoms with Crippen molar-refractivity contribution < 1.29 is 14.3 Å². The topological polar surface area (TPSA) is 103 Å². The molecule has 2 fully saturated rings. The van der Waals surface area contributed by atoms with Gasteiger partial charge in [-0.25, -0.2) is 4.98 Å². The minimum absolute atomic E-state index is 0.0258. The summed E-state index contributed by atoms with van der Waals surface area (Å²) >= 11 is 0. The number of carbonyl (C=O) groups excluding carboxylic acids is 1. The van der Waals surface area contributed by atoms with E-state index in [1.54, 1.807) is 0 Å². The van der Waals surface area contributed by atoms with Crippen LogP contribution in [-0.2, 0) is 9.53 Å². The van der Waals surface area contributed by atoms with Gasteiger partial charge in [-0.05, 0) is 60.7 Å². The van der Waals surface area contributed by atoms with Gasteiger partial charge in [0.25, 0.3) is 0 Å². The number of carbonyl (C=O) groups is 1. The zero-order valence-corrected chi connectivity index (χ0v) is 20.8. The predicted molar refractivity (Wildman–Crippen MR) is 141 cm³/mol. The molecular weight excluding hydrogens is 466 g/mol. The molecule has 1 amide bonds. The number of hydrogen-bond donors (Lipinski definition) is 2. The maximum absolute atomic E-state index is 12.8. The van der Waals surface area contributed by atoms with Gasteiger partial charge in [-0.3, -0.25) is 4.79 Å². The lowest BCUT2D eigenvalue weighted by Crippen LogP contribution is -2.45. The Morgan fingerprint density at radius 2 is 2.08 bits per heavy atom. The van der Waals surface area contributed by atoms with Crippen molar-refractivity contribution in [2.24, 2.45) is 0 Å². The van der Waals surface area contributed by atoms with Gasteiger partial charge >= 0.3 is 0 Å². The number of rotatable bonds is 5. The fraction of sp³-hybridized carbons (Fsp3) is 0.414. The first-order valence-electron chi connectivity index (χ1n) is 13.2. The quantitative estimate of drug-likeness (QED) is 0.552. The second-order valence-electron chi connectivity index (χ2n) is 9.99. The molecule has 3 aliphatic heterocycles. The average molecular weight is 498 g/mol. The molecule has 3 aromatic rings. The first kappa shape index (κ1) is 23.7. The fourth-order valence-electron chi connectivity index (χ4n) is 5.53. The molecule has 0 bridgehead atoms. The molecule has 0 aliphatic carbocycles. The first-order valence-corrected chi connectivity index (χ1v) is 13.2. The summed E-state index contributed by atoms with van der Waals surface area (Å²) in [6, 6.07) is 10.2. The van der Waals surface area contributed by atoms with E-state index >= 15 is 0 Å². The highest BCUT2D eigenvalue weighted by Gasteiger charge is 2.28. The predicted octanol–water partition coefficient (Wildman–Crippen LogP) is 4.03. The Balaban J connectivity index is 1.23. The second kappa shape index (κ2) is 10.4. The van der Waals surface area contributed by atoms with Crippen LogP contribution >= 0.6 is 0 Å². The van der Waals surface area contributed by atoms with E-state index in [9.17, 15) is 10.1 Å². The van der Waals surface area contributed by atoms with E-state index < -0.39 is 0 Å². The van der Waals surface area contributed by atoms with E-state index in [1.807, 2.05) is 35.5 Å². The van der Waals surface area contributed by atoms with Gasteiger partial charge in [0.1, 0.15) is 23.6 Å². The van der Waals surface area contributed by atoms with Gasteiger partial charge in [0.05, 0.1) is 24.8 Å². The summed E-state index contributed by atoms with van der Waals surface area (Å²) in [4.78, 5) is 22.6. The van der Waals surface area contributed by atoms with Crippen LogP contribution in [0.2, 0.25) is 0 Å². The molecule has 37 heavy (non-hydrogen) atoms. The van der Waals surface area contributed by atoms with Crippen LogP contribution in [0.4, 0.5) is 0 Å². The number of H-pyrrole nitrogens is 1. The third-order valence-corrected chi connectivity index (χ3v) is 7.65. The molecule has 190 valence electrons. The van der Waals surface area contributed by atoms with E-state index in [2.05, 4.69) is 33.5 Å². The fourth-order valence-corrected chi connectivity index (χ4v) is 5.53. The van der Waals surface area contributed by atoms with E-state index in [-0.39, 0.29) is 18.1 Å². The Morgan fingerprint density at radius 3 is 2.84 bits per heavy atom. The number of aromatic amines is 1. The molecule has 2 aromatic heterocycles. The number of nitrogens with one attached hydrogen (secondary N) is 2. The Bertz CT molecular complexity index is 1380. The molecule has 0 spiro atoms. The van der Waals surface area contributed by atoms with E-state index in [1.165, 1.54) is 5.57 Å². The van der Waals surface area contributed by atoms with Crippen molar-refractivity contribution >= 4 is 22.5 Å².